The second-order valence-electron chi connectivity index (χ2n) is 12.7. The van der Waals surface area contributed by atoms with E-state index in [4.69, 9.17) is 0 Å². The van der Waals surface area contributed by atoms with Gasteiger partial charge in [-0.25, -0.2) is 4.39 Å². The first-order valence-corrected chi connectivity index (χ1v) is 14.4. The topological polar surface area (TPSA) is 0 Å². The normalized spacial score (nSPS) is 42.6. The Morgan fingerprint density at radius 3 is 1.10 bits per heavy atom. The number of hydrogen-bond acceptors (Lipinski definition) is 0. The van der Waals surface area contributed by atoms with Crippen molar-refractivity contribution < 1.29 is 4.39 Å². The van der Waals surface area contributed by atoms with Crippen molar-refractivity contribution in [3.63, 3.8) is 0 Å². The number of halogens is 1. The predicted octanol–water partition coefficient (Wildman–Crippen LogP) is 9.89. The van der Waals surface area contributed by atoms with Crippen molar-refractivity contribution in [2.75, 3.05) is 0 Å². The summed E-state index contributed by atoms with van der Waals surface area (Å²) >= 11 is 0. The summed E-state index contributed by atoms with van der Waals surface area (Å²) in [5.41, 5.74) is 0. The lowest BCUT2D eigenvalue weighted by Gasteiger charge is -2.37. The zero-order valence-corrected chi connectivity index (χ0v) is 20.6. The van der Waals surface area contributed by atoms with Gasteiger partial charge in [0, 0.05) is 0 Å². The lowest BCUT2D eigenvalue weighted by molar-refractivity contribution is 0.155. The molecule has 0 aromatic heterocycles. The smallest absolute Gasteiger partial charge is 0.0829 e. The molecular weight excluding hydrogens is 379 g/mol. The third-order valence-corrected chi connectivity index (χ3v) is 10.3. The minimum Gasteiger partial charge on any atom is -0.216 e. The van der Waals surface area contributed by atoms with Crippen LogP contribution in [0.1, 0.15) is 129 Å². The first-order chi connectivity index (χ1) is 15.2. The molecule has 0 aliphatic heterocycles. The highest BCUT2D eigenvalue weighted by Gasteiger charge is 2.30. The van der Waals surface area contributed by atoms with Gasteiger partial charge in [-0.2, -0.15) is 0 Å². The Labute approximate surface area is 193 Å². The largest absolute Gasteiger partial charge is 0.216 e. The van der Waals surface area contributed by atoms with Gasteiger partial charge in [-0.3, -0.25) is 0 Å². The fraction of sp³-hybridized carbons (Fsp3) is 0.933. The summed E-state index contributed by atoms with van der Waals surface area (Å²) in [5, 5.41) is 0. The van der Waals surface area contributed by atoms with Crippen molar-refractivity contribution in [2.45, 2.75) is 129 Å². The molecule has 4 rings (SSSR count). The molecule has 0 aromatic carbocycles. The van der Waals surface area contributed by atoms with Gasteiger partial charge in [-0.1, -0.05) is 90.0 Å². The van der Waals surface area contributed by atoms with Crippen LogP contribution in [0.5, 0.6) is 0 Å². The maximum atomic E-state index is 12.4. The highest BCUT2D eigenvalue weighted by atomic mass is 19.1. The molecule has 0 amide bonds. The first kappa shape index (κ1) is 23.8. The molecule has 0 atom stereocenters. The first-order valence-electron chi connectivity index (χ1n) is 14.4. The molecule has 0 spiro atoms. The van der Waals surface area contributed by atoms with E-state index in [1.807, 2.05) is 0 Å². The van der Waals surface area contributed by atoms with Crippen LogP contribution in [0.4, 0.5) is 4.39 Å². The lowest BCUT2D eigenvalue weighted by atomic mass is 9.69. The van der Waals surface area contributed by atoms with Crippen LogP contribution in [-0.4, -0.2) is 0 Å². The molecule has 4 fully saturated rings. The fourth-order valence-corrected chi connectivity index (χ4v) is 8.10. The van der Waals surface area contributed by atoms with Gasteiger partial charge in [-0.05, 0) is 92.3 Å². The standard InChI is InChI=1S/C30H51F/c1-23-2-4-25(5-3-23)20-27-10-12-29(13-11-27)22-30-16-14-28(15-17-30)21-26-8-6-24(7-9-26)18-19-31/h18-19,23-30H,2-17,20-22H2,1H3/b19-18+. The Morgan fingerprint density at radius 1 is 0.484 bits per heavy atom. The summed E-state index contributed by atoms with van der Waals surface area (Å²) in [4.78, 5) is 0. The lowest BCUT2D eigenvalue weighted by Crippen LogP contribution is -2.24. The molecule has 4 aliphatic rings. The Kier molecular flexibility index (Phi) is 9.39. The average Bonchev–Trinajstić information content (AvgIpc) is 2.79. The van der Waals surface area contributed by atoms with Gasteiger partial charge in [0.25, 0.3) is 0 Å². The molecule has 0 saturated heterocycles. The van der Waals surface area contributed by atoms with Crippen LogP contribution in [-0.2, 0) is 0 Å². The SMILES string of the molecule is CC1CCC(CC2CCC(CC3CCC(CC4CCC(/C=C/F)CC4)CC3)CC2)CC1. The van der Waals surface area contributed by atoms with Crippen LogP contribution in [0.25, 0.3) is 0 Å². The highest BCUT2D eigenvalue weighted by molar-refractivity contribution is 4.88. The van der Waals surface area contributed by atoms with Gasteiger partial charge in [0.1, 0.15) is 0 Å². The van der Waals surface area contributed by atoms with E-state index in [2.05, 4.69) is 6.92 Å². The summed E-state index contributed by atoms with van der Waals surface area (Å²) in [6, 6.07) is 0. The van der Waals surface area contributed by atoms with E-state index in [0.717, 1.165) is 47.8 Å². The van der Waals surface area contributed by atoms with E-state index < -0.39 is 0 Å². The van der Waals surface area contributed by atoms with Gasteiger partial charge in [0.05, 0.1) is 6.33 Å². The van der Waals surface area contributed by atoms with Gasteiger partial charge in [0.2, 0.25) is 0 Å². The molecule has 0 N–H and O–H groups in total. The van der Waals surface area contributed by atoms with Crippen LogP contribution >= 0.6 is 0 Å². The summed E-state index contributed by atoms with van der Waals surface area (Å²) in [7, 11) is 0. The second-order valence-corrected chi connectivity index (χ2v) is 12.7. The molecular formula is C30H51F. The molecule has 0 bridgehead atoms. The predicted molar refractivity (Wildman–Crippen MR) is 132 cm³/mol. The molecule has 4 saturated carbocycles. The Hall–Kier alpha value is -0.330. The minimum atomic E-state index is 0.526. The van der Waals surface area contributed by atoms with Crippen LogP contribution in [0, 0.1) is 47.3 Å². The van der Waals surface area contributed by atoms with Gasteiger partial charge < -0.3 is 0 Å². The van der Waals surface area contributed by atoms with Crippen LogP contribution in [0.2, 0.25) is 0 Å². The van der Waals surface area contributed by atoms with Gasteiger partial charge >= 0.3 is 0 Å². The van der Waals surface area contributed by atoms with Crippen LogP contribution < -0.4 is 0 Å². The van der Waals surface area contributed by atoms with Crippen molar-refractivity contribution in [3.8, 4) is 0 Å². The average molecular weight is 431 g/mol. The van der Waals surface area contributed by atoms with Crippen molar-refractivity contribution in [2.24, 2.45) is 47.3 Å². The summed E-state index contributed by atoms with van der Waals surface area (Å²) < 4.78 is 12.4. The molecule has 31 heavy (non-hydrogen) atoms. The van der Waals surface area contributed by atoms with Crippen molar-refractivity contribution >= 4 is 0 Å². The van der Waals surface area contributed by atoms with Gasteiger partial charge in [0.15, 0.2) is 0 Å². The Morgan fingerprint density at radius 2 is 0.774 bits per heavy atom. The van der Waals surface area contributed by atoms with E-state index in [1.54, 1.807) is 44.6 Å². The van der Waals surface area contributed by atoms with Crippen molar-refractivity contribution in [1.29, 1.82) is 0 Å². The third-order valence-electron chi connectivity index (χ3n) is 10.3. The molecule has 178 valence electrons. The molecule has 0 nitrogen and oxygen atoms in total. The monoisotopic (exact) mass is 430 g/mol. The summed E-state index contributed by atoms with van der Waals surface area (Å²) in [6.07, 6.45) is 30.6. The summed E-state index contributed by atoms with van der Waals surface area (Å²) in [6.45, 7) is 2.45. The molecule has 1 heteroatoms. The van der Waals surface area contributed by atoms with E-state index in [0.29, 0.717) is 5.92 Å². The van der Waals surface area contributed by atoms with Gasteiger partial charge in [-0.15, -0.1) is 0 Å². The third kappa shape index (κ3) is 7.60. The van der Waals surface area contributed by atoms with E-state index >= 15 is 0 Å². The highest BCUT2D eigenvalue weighted by Crippen LogP contribution is 2.43. The molecule has 0 aromatic rings. The van der Waals surface area contributed by atoms with Crippen molar-refractivity contribution in [3.05, 3.63) is 12.4 Å². The Balaban J connectivity index is 1.07. The van der Waals surface area contributed by atoms with E-state index in [1.165, 1.54) is 83.5 Å². The zero-order valence-electron chi connectivity index (χ0n) is 20.6. The maximum Gasteiger partial charge on any atom is 0.0829 e. The minimum absolute atomic E-state index is 0.526. The van der Waals surface area contributed by atoms with Crippen molar-refractivity contribution in [1.82, 2.24) is 0 Å². The molecule has 0 heterocycles. The summed E-state index contributed by atoms with van der Waals surface area (Å²) in [5.74, 6) is 7.72. The molecule has 0 unspecified atom stereocenters. The van der Waals surface area contributed by atoms with Crippen LogP contribution in [0.15, 0.2) is 12.4 Å². The van der Waals surface area contributed by atoms with E-state index in [-0.39, 0.29) is 0 Å². The number of allylic oxidation sites excluding steroid dienone is 1. The molecule has 4 aliphatic carbocycles. The quantitative estimate of drug-likeness (QED) is 0.377. The van der Waals surface area contributed by atoms with E-state index in [9.17, 15) is 4.39 Å². The number of rotatable bonds is 7. The second kappa shape index (κ2) is 12.2. The number of hydrogen-bond donors (Lipinski definition) is 0. The zero-order chi connectivity index (χ0) is 21.5. The maximum absolute atomic E-state index is 12.4. The fourth-order valence-electron chi connectivity index (χ4n) is 8.10. The Bertz CT molecular complexity index is 507. The van der Waals surface area contributed by atoms with Crippen LogP contribution in [0.3, 0.4) is 0 Å². The molecule has 0 radical (unpaired) electrons.